The maximum Gasteiger partial charge on any atom is 0.129 e. The van der Waals surface area contributed by atoms with E-state index >= 15 is 0 Å². The van der Waals surface area contributed by atoms with Crippen LogP contribution in [0.5, 0.6) is 0 Å². The first-order chi connectivity index (χ1) is 9.11. The molecule has 2 rings (SSSR count). The van der Waals surface area contributed by atoms with Crippen LogP contribution in [0.1, 0.15) is 29.8 Å². The van der Waals surface area contributed by atoms with E-state index in [1.165, 1.54) is 6.07 Å². The average Bonchev–Trinajstić information content (AvgIpc) is 2.78. The van der Waals surface area contributed by atoms with E-state index in [-0.39, 0.29) is 11.9 Å². The smallest absolute Gasteiger partial charge is 0.129 e. The zero-order valence-electron chi connectivity index (χ0n) is 10.4. The molecule has 1 heterocycles. The molecule has 0 radical (unpaired) electrons. The molecule has 0 aliphatic rings. The van der Waals surface area contributed by atoms with Crippen LogP contribution >= 0.6 is 38.9 Å². The fraction of sp³-hybridized carbons (Fsp3) is 0.286. The van der Waals surface area contributed by atoms with E-state index in [2.05, 4.69) is 28.2 Å². The average molecular weight is 363 g/mol. The van der Waals surface area contributed by atoms with Gasteiger partial charge in [0.25, 0.3) is 0 Å². The minimum absolute atomic E-state index is 0.131. The zero-order chi connectivity index (χ0) is 13.8. The predicted molar refractivity (Wildman–Crippen MR) is 83.6 cm³/mol. The summed E-state index contributed by atoms with van der Waals surface area (Å²) in [6, 6.07) is 8.69. The molecule has 0 amide bonds. The lowest BCUT2D eigenvalue weighted by molar-refractivity contribution is 0.551. The van der Waals surface area contributed by atoms with Crippen molar-refractivity contribution >= 4 is 38.9 Å². The highest BCUT2D eigenvalue weighted by Gasteiger charge is 2.19. The second-order valence-corrected chi connectivity index (χ2v) is 7.13. The lowest BCUT2D eigenvalue weighted by atomic mass is 10.0. The van der Waals surface area contributed by atoms with Gasteiger partial charge >= 0.3 is 0 Å². The molecule has 1 atom stereocenters. The molecule has 1 aromatic carbocycles. The van der Waals surface area contributed by atoms with Crippen molar-refractivity contribution in [3.05, 3.63) is 55.4 Å². The van der Waals surface area contributed by atoms with Crippen LogP contribution in [0.2, 0.25) is 5.02 Å². The largest absolute Gasteiger partial charge is 0.306 e. The van der Waals surface area contributed by atoms with Gasteiger partial charge < -0.3 is 5.32 Å². The van der Waals surface area contributed by atoms with E-state index in [1.54, 1.807) is 23.5 Å². The molecule has 102 valence electrons. The second-order valence-electron chi connectivity index (χ2n) is 4.19. The highest BCUT2D eigenvalue weighted by Crippen LogP contribution is 2.33. The summed E-state index contributed by atoms with van der Waals surface area (Å²) in [5.41, 5.74) is 0.632. The number of halogens is 3. The van der Waals surface area contributed by atoms with Crippen LogP contribution < -0.4 is 5.32 Å². The molecule has 5 heteroatoms. The highest BCUT2D eigenvalue weighted by atomic mass is 79.9. The van der Waals surface area contributed by atoms with Gasteiger partial charge in [-0.1, -0.05) is 24.6 Å². The molecule has 0 saturated heterocycles. The van der Waals surface area contributed by atoms with E-state index in [9.17, 15) is 4.39 Å². The Morgan fingerprint density at radius 1 is 1.37 bits per heavy atom. The fourth-order valence-electron chi connectivity index (χ4n) is 1.87. The monoisotopic (exact) mass is 361 g/mol. The first-order valence-electron chi connectivity index (χ1n) is 6.05. The van der Waals surface area contributed by atoms with Crippen molar-refractivity contribution < 1.29 is 4.39 Å². The van der Waals surface area contributed by atoms with Gasteiger partial charge in [0.2, 0.25) is 0 Å². The Labute approximate surface area is 129 Å². The molecule has 0 spiro atoms. The SMILES string of the molecule is CCCNC(c1ccc(Br)s1)c1ccc(Cl)cc1F. The molecule has 2 aromatic rings. The van der Waals surface area contributed by atoms with E-state index in [0.29, 0.717) is 10.6 Å². The molecule has 0 fully saturated rings. The van der Waals surface area contributed by atoms with E-state index in [4.69, 9.17) is 11.6 Å². The molecule has 1 nitrogen and oxygen atoms in total. The van der Waals surface area contributed by atoms with E-state index in [1.807, 2.05) is 12.1 Å². The minimum Gasteiger partial charge on any atom is -0.306 e. The first kappa shape index (κ1) is 15.0. The lowest BCUT2D eigenvalue weighted by Gasteiger charge is -2.18. The van der Waals surface area contributed by atoms with Crippen molar-refractivity contribution in [2.24, 2.45) is 0 Å². The van der Waals surface area contributed by atoms with E-state index in [0.717, 1.165) is 21.6 Å². The van der Waals surface area contributed by atoms with Crippen LogP contribution in [0.4, 0.5) is 4.39 Å². The van der Waals surface area contributed by atoms with Gasteiger partial charge in [0.15, 0.2) is 0 Å². The Bertz CT molecular complexity index is 558. The number of hydrogen-bond donors (Lipinski definition) is 1. The summed E-state index contributed by atoms with van der Waals surface area (Å²) in [4.78, 5) is 1.08. The number of thiophene rings is 1. The van der Waals surface area contributed by atoms with Crippen LogP contribution in [0, 0.1) is 5.82 Å². The lowest BCUT2D eigenvalue weighted by Crippen LogP contribution is -2.23. The van der Waals surface area contributed by atoms with Crippen LogP contribution in [0.15, 0.2) is 34.1 Å². The summed E-state index contributed by atoms with van der Waals surface area (Å²) in [7, 11) is 0. The van der Waals surface area contributed by atoms with Crippen LogP contribution in [-0.4, -0.2) is 6.54 Å². The molecular weight excluding hydrogens is 349 g/mol. The Morgan fingerprint density at radius 2 is 2.16 bits per heavy atom. The number of rotatable bonds is 5. The molecule has 1 unspecified atom stereocenters. The normalized spacial score (nSPS) is 12.6. The summed E-state index contributed by atoms with van der Waals surface area (Å²) in [5, 5.41) is 3.80. The molecular formula is C14H14BrClFNS. The van der Waals surface area contributed by atoms with Gasteiger partial charge in [-0.3, -0.25) is 0 Å². The number of benzene rings is 1. The maximum atomic E-state index is 14.1. The van der Waals surface area contributed by atoms with Gasteiger partial charge in [0.1, 0.15) is 5.82 Å². The van der Waals surface area contributed by atoms with Crippen LogP contribution in [0.25, 0.3) is 0 Å². The molecule has 1 aromatic heterocycles. The molecule has 0 aliphatic heterocycles. The Balaban J connectivity index is 2.36. The molecule has 0 saturated carbocycles. The summed E-state index contributed by atoms with van der Waals surface area (Å²) in [5.74, 6) is -0.273. The highest BCUT2D eigenvalue weighted by molar-refractivity contribution is 9.11. The molecule has 0 aliphatic carbocycles. The van der Waals surface area contributed by atoms with Gasteiger partial charge in [0, 0.05) is 15.5 Å². The number of nitrogens with one attached hydrogen (secondary N) is 1. The van der Waals surface area contributed by atoms with Crippen molar-refractivity contribution in [3.63, 3.8) is 0 Å². The van der Waals surface area contributed by atoms with Crippen molar-refractivity contribution in [3.8, 4) is 0 Å². The summed E-state index contributed by atoms with van der Waals surface area (Å²) in [6.07, 6.45) is 0.998. The number of hydrogen-bond acceptors (Lipinski definition) is 2. The van der Waals surface area contributed by atoms with Crippen LogP contribution in [-0.2, 0) is 0 Å². The van der Waals surface area contributed by atoms with Crippen LogP contribution in [0.3, 0.4) is 0 Å². The second kappa shape index (κ2) is 6.84. The van der Waals surface area contributed by atoms with Gasteiger partial charge in [-0.2, -0.15) is 0 Å². The summed E-state index contributed by atoms with van der Waals surface area (Å²) < 4.78 is 15.1. The third-order valence-electron chi connectivity index (χ3n) is 2.75. The third-order valence-corrected chi connectivity index (χ3v) is 4.67. The van der Waals surface area contributed by atoms with Crippen molar-refractivity contribution in [1.29, 1.82) is 0 Å². The first-order valence-corrected chi connectivity index (χ1v) is 8.04. The molecule has 19 heavy (non-hydrogen) atoms. The van der Waals surface area contributed by atoms with Crippen molar-refractivity contribution in [2.75, 3.05) is 6.54 Å². The van der Waals surface area contributed by atoms with Crippen molar-refractivity contribution in [2.45, 2.75) is 19.4 Å². The van der Waals surface area contributed by atoms with E-state index < -0.39 is 0 Å². The van der Waals surface area contributed by atoms with Gasteiger partial charge in [-0.25, -0.2) is 4.39 Å². The minimum atomic E-state index is -0.273. The molecule has 0 bridgehead atoms. The topological polar surface area (TPSA) is 12.0 Å². The Kier molecular flexibility index (Phi) is 5.39. The zero-order valence-corrected chi connectivity index (χ0v) is 13.6. The summed E-state index contributed by atoms with van der Waals surface area (Å²) >= 11 is 10.9. The maximum absolute atomic E-state index is 14.1. The third kappa shape index (κ3) is 3.78. The Morgan fingerprint density at radius 3 is 2.74 bits per heavy atom. The predicted octanol–water partition coefficient (Wildman–Crippen LogP) is 5.39. The standard InChI is InChI=1S/C14H14BrClFNS/c1-2-7-18-14(12-5-6-13(15)19-12)10-4-3-9(16)8-11(10)17/h3-6,8,14,18H,2,7H2,1H3. The van der Waals surface area contributed by atoms with Crippen molar-refractivity contribution in [1.82, 2.24) is 5.32 Å². The Hall–Kier alpha value is -0.420. The molecule has 1 N–H and O–H groups in total. The van der Waals surface area contributed by atoms with Gasteiger partial charge in [-0.15, -0.1) is 11.3 Å². The summed E-state index contributed by atoms with van der Waals surface area (Å²) in [6.45, 7) is 2.93. The fourth-order valence-corrected chi connectivity index (χ4v) is 3.55. The van der Waals surface area contributed by atoms with Gasteiger partial charge in [0.05, 0.1) is 9.83 Å². The quantitative estimate of drug-likeness (QED) is 0.751. The van der Waals surface area contributed by atoms with Gasteiger partial charge in [-0.05, 0) is 53.2 Å².